The van der Waals surface area contributed by atoms with E-state index in [2.05, 4.69) is 4.74 Å². The molecule has 0 N–H and O–H groups in total. The molecule has 116 valence electrons. The van der Waals surface area contributed by atoms with Crippen LogP contribution in [0, 0.1) is 6.92 Å². The van der Waals surface area contributed by atoms with Gasteiger partial charge in [0.1, 0.15) is 0 Å². The summed E-state index contributed by atoms with van der Waals surface area (Å²) < 4.78 is 10.4. The van der Waals surface area contributed by atoms with Crippen LogP contribution < -0.4 is 24.7 Å². The van der Waals surface area contributed by atoms with E-state index in [9.17, 15) is 9.59 Å². The van der Waals surface area contributed by atoms with E-state index < -0.39 is 21.6 Å². The van der Waals surface area contributed by atoms with Gasteiger partial charge in [0.05, 0.1) is 0 Å². The zero-order chi connectivity index (χ0) is 15.9. The summed E-state index contributed by atoms with van der Waals surface area (Å²) in [6.07, 6.45) is 0.232. The van der Waals surface area contributed by atoms with Crippen LogP contribution in [0.1, 0.15) is 21.5 Å². The van der Waals surface area contributed by atoms with Crippen molar-refractivity contribution < 1.29 is 39.0 Å². The van der Waals surface area contributed by atoms with Crippen LogP contribution in [0.5, 0.6) is 5.75 Å². The summed E-state index contributed by atoms with van der Waals surface area (Å²) >= 11 is -1.07. The molecule has 0 aliphatic carbocycles. The predicted octanol–water partition coefficient (Wildman–Crippen LogP) is -0.0663. The number of rotatable bonds is 6. The number of methoxy groups -OCH3 is 1. The monoisotopic (exact) mass is 411 g/mol. The number of hydrogen-bond acceptors (Lipinski definition) is 4. The van der Waals surface area contributed by atoms with Crippen LogP contribution >= 0.6 is 0 Å². The fourth-order valence-electron chi connectivity index (χ4n) is 1.84. The van der Waals surface area contributed by atoms with Gasteiger partial charge in [-0.2, -0.15) is 0 Å². The number of benzene rings is 2. The second-order valence-electron chi connectivity index (χ2n) is 4.65. The van der Waals surface area contributed by atoms with E-state index in [1.165, 1.54) is 7.11 Å². The van der Waals surface area contributed by atoms with Crippen LogP contribution in [0.3, 0.4) is 0 Å². The Morgan fingerprint density at radius 1 is 1.09 bits per heavy atom. The standard InChI is InChI=1S/C17H16IO4/c1-12-10-13(11-16(19)21-2)8-9-15(12)22-18-17(20)14-6-4-3-5-7-14/h3-10H,11H2,1-2H3/q-1. The Bertz CT molecular complexity index is 668. The SMILES string of the molecule is COC(=O)Cc1ccc(O[I-]C(=O)c2ccccc2)c(C)c1. The molecule has 2 aromatic carbocycles. The molecule has 0 fully saturated rings. The molecule has 22 heavy (non-hydrogen) atoms. The van der Waals surface area contributed by atoms with E-state index in [1.807, 2.05) is 37.3 Å². The fourth-order valence-corrected chi connectivity index (χ4v) is 3.38. The molecule has 5 heteroatoms. The number of carbonyl (C=O) groups excluding carboxylic acids is 2. The van der Waals surface area contributed by atoms with Gasteiger partial charge in [0.2, 0.25) is 0 Å². The van der Waals surface area contributed by atoms with Gasteiger partial charge in [-0.3, -0.25) is 0 Å². The van der Waals surface area contributed by atoms with Gasteiger partial charge in [0.15, 0.2) is 0 Å². The zero-order valence-electron chi connectivity index (χ0n) is 12.3. The van der Waals surface area contributed by atoms with Gasteiger partial charge in [0, 0.05) is 0 Å². The summed E-state index contributed by atoms with van der Waals surface area (Å²) in [7, 11) is 1.37. The van der Waals surface area contributed by atoms with E-state index in [1.54, 1.807) is 18.2 Å². The third kappa shape index (κ3) is 4.56. The summed E-state index contributed by atoms with van der Waals surface area (Å²) in [5, 5.41) is 0. The third-order valence-electron chi connectivity index (χ3n) is 3.01. The summed E-state index contributed by atoms with van der Waals surface area (Å²) in [5.74, 6) is 0.408. The average molecular weight is 411 g/mol. The van der Waals surface area contributed by atoms with E-state index >= 15 is 0 Å². The van der Waals surface area contributed by atoms with Gasteiger partial charge in [-0.15, -0.1) is 0 Å². The number of esters is 1. The minimum absolute atomic E-state index is 0.0393. The Morgan fingerprint density at radius 3 is 2.45 bits per heavy atom. The predicted molar refractivity (Wildman–Crippen MR) is 78.3 cm³/mol. The van der Waals surface area contributed by atoms with E-state index in [0.717, 1.165) is 11.1 Å². The molecule has 0 aliphatic heterocycles. The molecule has 0 saturated heterocycles. The van der Waals surface area contributed by atoms with E-state index in [0.29, 0.717) is 11.3 Å². The van der Waals surface area contributed by atoms with Crippen LogP contribution in [0.2, 0.25) is 0 Å². The van der Waals surface area contributed by atoms with Gasteiger partial charge in [-0.1, -0.05) is 0 Å². The molecular formula is C17H16IO4-. The van der Waals surface area contributed by atoms with Crippen LogP contribution in [0.4, 0.5) is 0 Å². The summed E-state index contributed by atoms with van der Waals surface area (Å²) in [6, 6.07) is 14.6. The Labute approximate surface area is 140 Å². The summed E-state index contributed by atoms with van der Waals surface area (Å²) in [4.78, 5) is 23.3. The zero-order valence-corrected chi connectivity index (χ0v) is 14.5. The quantitative estimate of drug-likeness (QED) is 0.380. The van der Waals surface area contributed by atoms with Gasteiger partial charge in [-0.25, -0.2) is 0 Å². The Morgan fingerprint density at radius 2 is 1.82 bits per heavy atom. The number of ether oxygens (including phenoxy) is 1. The molecule has 0 unspecified atom stereocenters. The molecule has 4 nitrogen and oxygen atoms in total. The molecule has 2 rings (SSSR count). The second kappa shape index (κ2) is 7.93. The minimum atomic E-state index is -1.07. The van der Waals surface area contributed by atoms with Crippen molar-refractivity contribution in [2.75, 3.05) is 7.11 Å². The molecule has 0 atom stereocenters. The van der Waals surface area contributed by atoms with Gasteiger partial charge >= 0.3 is 140 Å². The first-order valence-corrected chi connectivity index (χ1v) is 8.63. The first kappa shape index (κ1) is 16.5. The Balaban J connectivity index is 1.99. The first-order valence-electron chi connectivity index (χ1n) is 6.67. The van der Waals surface area contributed by atoms with Crippen molar-refractivity contribution in [2.24, 2.45) is 0 Å². The normalized spacial score (nSPS) is 10.3. The number of halogens is 1. The van der Waals surface area contributed by atoms with Crippen molar-refractivity contribution in [3.63, 3.8) is 0 Å². The molecular weight excluding hydrogens is 395 g/mol. The second-order valence-corrected chi connectivity index (χ2v) is 6.51. The van der Waals surface area contributed by atoms with Crippen LogP contribution in [-0.2, 0) is 16.0 Å². The van der Waals surface area contributed by atoms with Gasteiger partial charge < -0.3 is 0 Å². The van der Waals surface area contributed by atoms with Crippen molar-refractivity contribution in [1.82, 2.24) is 0 Å². The van der Waals surface area contributed by atoms with Crippen LogP contribution in [0.15, 0.2) is 48.5 Å². The Kier molecular flexibility index (Phi) is 5.94. The average Bonchev–Trinajstić information content (AvgIpc) is 2.54. The van der Waals surface area contributed by atoms with Crippen LogP contribution in [-0.4, -0.2) is 16.9 Å². The van der Waals surface area contributed by atoms with Crippen molar-refractivity contribution in [3.8, 4) is 5.75 Å². The van der Waals surface area contributed by atoms with Crippen molar-refractivity contribution in [1.29, 1.82) is 0 Å². The Hall–Kier alpha value is -1.89. The first-order chi connectivity index (χ1) is 10.6. The molecule has 0 aromatic heterocycles. The molecule has 0 saturated carbocycles. The van der Waals surface area contributed by atoms with Crippen molar-refractivity contribution in [2.45, 2.75) is 13.3 Å². The third-order valence-corrected chi connectivity index (χ3v) is 4.73. The molecule has 2 aromatic rings. The van der Waals surface area contributed by atoms with Gasteiger partial charge in [0.25, 0.3) is 0 Å². The summed E-state index contributed by atoms with van der Waals surface area (Å²) in [6.45, 7) is 1.90. The summed E-state index contributed by atoms with van der Waals surface area (Å²) in [5.41, 5.74) is 2.45. The molecule has 0 aliphatic rings. The maximum absolute atomic E-state index is 12.0. The number of hydrogen-bond donors (Lipinski definition) is 0. The maximum atomic E-state index is 12.0. The number of carbonyl (C=O) groups is 2. The molecule has 0 bridgehead atoms. The topological polar surface area (TPSA) is 52.6 Å². The number of aryl methyl sites for hydroxylation is 1. The molecule has 0 amide bonds. The molecule has 0 heterocycles. The molecule has 0 radical (unpaired) electrons. The van der Waals surface area contributed by atoms with E-state index in [-0.39, 0.29) is 16.2 Å². The van der Waals surface area contributed by atoms with Crippen LogP contribution in [0.25, 0.3) is 0 Å². The van der Waals surface area contributed by atoms with Crippen molar-refractivity contribution >= 4 is 9.76 Å². The molecule has 0 spiro atoms. The van der Waals surface area contributed by atoms with Crippen molar-refractivity contribution in [3.05, 3.63) is 65.2 Å². The fraction of sp³-hybridized carbons (Fsp3) is 0.176. The van der Waals surface area contributed by atoms with E-state index in [4.69, 9.17) is 3.07 Å². The van der Waals surface area contributed by atoms with Gasteiger partial charge in [-0.05, 0) is 0 Å².